The van der Waals surface area contributed by atoms with Crippen molar-refractivity contribution >= 4 is 35.2 Å². The molecule has 29 heavy (non-hydrogen) atoms. The van der Waals surface area contributed by atoms with Crippen LogP contribution in [-0.4, -0.2) is 32.8 Å². The van der Waals surface area contributed by atoms with Gasteiger partial charge in [-0.2, -0.15) is 0 Å². The number of nitrogens with zero attached hydrogens (tertiary/aromatic N) is 4. The van der Waals surface area contributed by atoms with E-state index in [4.69, 9.17) is 5.73 Å². The van der Waals surface area contributed by atoms with Gasteiger partial charge < -0.3 is 15.2 Å². The van der Waals surface area contributed by atoms with Crippen molar-refractivity contribution in [3.63, 3.8) is 0 Å². The molecule has 0 saturated carbocycles. The van der Waals surface area contributed by atoms with Gasteiger partial charge in [-0.1, -0.05) is 18.2 Å². The lowest BCUT2D eigenvalue weighted by atomic mass is 9.95. The monoisotopic (exact) mass is 407 g/mol. The Labute approximate surface area is 176 Å². The Morgan fingerprint density at radius 3 is 2.76 bits per heavy atom. The number of aliphatic imine (C=N–C) groups is 2. The molecule has 6 nitrogen and oxygen atoms in total. The summed E-state index contributed by atoms with van der Waals surface area (Å²) in [6.45, 7) is 5.53. The maximum absolute atomic E-state index is 11.1. The summed E-state index contributed by atoms with van der Waals surface area (Å²) in [4.78, 5) is 13.0. The van der Waals surface area contributed by atoms with E-state index < -0.39 is 5.60 Å². The number of anilines is 1. The van der Waals surface area contributed by atoms with E-state index in [0.29, 0.717) is 22.0 Å². The SMILES string of the molecule is C/N=C\c1c(N)cccc1/C(S)=N/C=C(\C)C(C)(O)c1cn2cc(C)ccc2n1. The highest BCUT2D eigenvalue weighted by Crippen LogP contribution is 2.29. The summed E-state index contributed by atoms with van der Waals surface area (Å²) < 4.78 is 1.91. The highest BCUT2D eigenvalue weighted by Gasteiger charge is 2.28. The molecule has 0 aliphatic carbocycles. The van der Waals surface area contributed by atoms with Crippen molar-refractivity contribution in [1.82, 2.24) is 9.38 Å². The second kappa shape index (κ2) is 8.23. The number of benzene rings is 1. The molecule has 1 unspecified atom stereocenters. The highest BCUT2D eigenvalue weighted by atomic mass is 32.1. The molecule has 0 amide bonds. The van der Waals surface area contributed by atoms with Gasteiger partial charge in [0, 0.05) is 48.7 Å². The average molecular weight is 408 g/mol. The number of aryl methyl sites for hydroxylation is 1. The van der Waals surface area contributed by atoms with Gasteiger partial charge in [0.1, 0.15) is 16.3 Å². The molecule has 1 aromatic carbocycles. The third kappa shape index (κ3) is 4.26. The van der Waals surface area contributed by atoms with E-state index in [1.807, 2.05) is 54.9 Å². The number of aliphatic hydroxyl groups is 1. The number of pyridine rings is 1. The lowest BCUT2D eigenvalue weighted by Gasteiger charge is -2.21. The van der Waals surface area contributed by atoms with Crippen molar-refractivity contribution in [2.75, 3.05) is 12.8 Å². The number of hydrogen-bond acceptors (Lipinski definition) is 5. The van der Waals surface area contributed by atoms with Crippen molar-refractivity contribution in [2.45, 2.75) is 26.4 Å². The number of nitrogens with two attached hydrogens (primary N) is 1. The van der Waals surface area contributed by atoms with Gasteiger partial charge in [0.05, 0.1) is 5.69 Å². The number of nitrogen functional groups attached to an aromatic ring is 1. The molecule has 0 fully saturated rings. The first-order valence-corrected chi connectivity index (χ1v) is 9.62. The van der Waals surface area contributed by atoms with Crippen molar-refractivity contribution in [3.05, 3.63) is 76.9 Å². The average Bonchev–Trinajstić information content (AvgIpc) is 3.11. The molecule has 2 heterocycles. The summed E-state index contributed by atoms with van der Waals surface area (Å²) in [5.74, 6) is 0. The summed E-state index contributed by atoms with van der Waals surface area (Å²) in [7, 11) is 1.68. The lowest BCUT2D eigenvalue weighted by molar-refractivity contribution is 0.0931. The molecule has 0 bridgehead atoms. The molecule has 1 atom stereocenters. The van der Waals surface area contributed by atoms with Gasteiger partial charge in [-0.3, -0.25) is 4.99 Å². The summed E-state index contributed by atoms with van der Waals surface area (Å²) >= 11 is 4.53. The van der Waals surface area contributed by atoms with Crippen molar-refractivity contribution < 1.29 is 5.11 Å². The zero-order chi connectivity index (χ0) is 21.2. The fourth-order valence-corrected chi connectivity index (χ4v) is 3.20. The molecule has 7 heteroatoms. The molecular formula is C22H25N5OS. The van der Waals surface area contributed by atoms with Crippen LogP contribution in [0.15, 0.2) is 64.5 Å². The van der Waals surface area contributed by atoms with E-state index in [9.17, 15) is 5.11 Å². The van der Waals surface area contributed by atoms with Crippen LogP contribution >= 0.6 is 12.6 Å². The van der Waals surface area contributed by atoms with E-state index >= 15 is 0 Å². The Bertz CT molecular complexity index is 1140. The number of aromatic nitrogens is 2. The van der Waals surface area contributed by atoms with Crippen LogP contribution in [0.3, 0.4) is 0 Å². The van der Waals surface area contributed by atoms with E-state index in [2.05, 4.69) is 27.6 Å². The lowest BCUT2D eigenvalue weighted by Crippen LogP contribution is -2.23. The Balaban J connectivity index is 1.96. The fraction of sp³-hybridized carbons (Fsp3) is 0.227. The Morgan fingerprint density at radius 2 is 2.03 bits per heavy atom. The Morgan fingerprint density at radius 1 is 1.28 bits per heavy atom. The molecular weight excluding hydrogens is 382 g/mol. The number of rotatable bonds is 5. The van der Waals surface area contributed by atoms with Crippen LogP contribution in [0.2, 0.25) is 0 Å². The quantitative estimate of drug-likeness (QED) is 0.260. The first-order valence-electron chi connectivity index (χ1n) is 9.17. The predicted molar refractivity (Wildman–Crippen MR) is 123 cm³/mol. The normalized spacial score (nSPS) is 15.2. The summed E-state index contributed by atoms with van der Waals surface area (Å²) in [6.07, 6.45) is 7.09. The van der Waals surface area contributed by atoms with Gasteiger partial charge in [0.15, 0.2) is 0 Å². The van der Waals surface area contributed by atoms with Crippen molar-refractivity contribution in [3.8, 4) is 0 Å². The molecule has 150 valence electrons. The van der Waals surface area contributed by atoms with Crippen LogP contribution in [0.4, 0.5) is 5.69 Å². The maximum Gasteiger partial charge on any atom is 0.137 e. The highest BCUT2D eigenvalue weighted by molar-refractivity contribution is 7.97. The minimum atomic E-state index is -1.28. The second-order valence-corrected chi connectivity index (χ2v) is 7.55. The molecule has 0 radical (unpaired) electrons. The molecule has 3 aromatic rings. The van der Waals surface area contributed by atoms with Crippen molar-refractivity contribution in [2.24, 2.45) is 9.98 Å². The number of thiol groups is 1. The molecule has 0 spiro atoms. The smallest absolute Gasteiger partial charge is 0.137 e. The first-order chi connectivity index (χ1) is 13.7. The zero-order valence-corrected chi connectivity index (χ0v) is 17.9. The van der Waals surface area contributed by atoms with E-state index in [0.717, 1.165) is 22.3 Å². The van der Waals surface area contributed by atoms with Crippen LogP contribution in [0.25, 0.3) is 5.65 Å². The molecule has 0 aliphatic rings. The minimum absolute atomic E-state index is 0.480. The third-order valence-electron chi connectivity index (χ3n) is 4.88. The maximum atomic E-state index is 11.1. The van der Waals surface area contributed by atoms with Gasteiger partial charge >= 0.3 is 0 Å². The van der Waals surface area contributed by atoms with Crippen LogP contribution in [-0.2, 0) is 5.60 Å². The molecule has 3 N–H and O–H groups in total. The van der Waals surface area contributed by atoms with Crippen LogP contribution in [0.5, 0.6) is 0 Å². The van der Waals surface area contributed by atoms with E-state index in [1.165, 1.54) is 0 Å². The van der Waals surface area contributed by atoms with Gasteiger partial charge in [0.2, 0.25) is 0 Å². The molecule has 3 rings (SSSR count). The fourth-order valence-electron chi connectivity index (χ4n) is 2.94. The predicted octanol–water partition coefficient (Wildman–Crippen LogP) is 3.76. The number of imidazole rings is 1. The topological polar surface area (TPSA) is 88.3 Å². The third-order valence-corrected chi connectivity index (χ3v) is 5.24. The minimum Gasteiger partial charge on any atom is -0.398 e. The summed E-state index contributed by atoms with van der Waals surface area (Å²) in [6, 6.07) is 9.44. The van der Waals surface area contributed by atoms with Gasteiger partial charge in [-0.05, 0) is 44.0 Å². The molecule has 2 aromatic heterocycles. The van der Waals surface area contributed by atoms with Crippen LogP contribution in [0, 0.1) is 6.92 Å². The summed E-state index contributed by atoms with van der Waals surface area (Å²) in [5.41, 5.74) is 9.99. The largest absolute Gasteiger partial charge is 0.398 e. The molecule has 0 aliphatic heterocycles. The summed E-state index contributed by atoms with van der Waals surface area (Å²) in [5, 5.41) is 11.6. The van der Waals surface area contributed by atoms with E-state index in [1.54, 1.807) is 32.5 Å². The number of fused-ring (bicyclic) bond motifs is 1. The Kier molecular flexibility index (Phi) is 5.91. The van der Waals surface area contributed by atoms with Crippen LogP contribution in [0.1, 0.15) is 36.2 Å². The van der Waals surface area contributed by atoms with E-state index in [-0.39, 0.29) is 0 Å². The molecule has 0 saturated heterocycles. The Hall–Kier alpha value is -2.90. The standard InChI is InChI=1S/C22H25N5OS/c1-14-8-9-20-26-19(13-27(20)12-14)22(3,28)15(2)10-25-21(29)16-6-5-7-18(23)17(16)11-24-4/h5-13,28H,23H2,1-4H3,(H,25,29)/b15-10+,24-11-. The van der Waals surface area contributed by atoms with Gasteiger partial charge in [-0.25, -0.2) is 9.98 Å². The number of hydrogen-bond donors (Lipinski definition) is 3. The van der Waals surface area contributed by atoms with Crippen LogP contribution < -0.4 is 5.73 Å². The van der Waals surface area contributed by atoms with Gasteiger partial charge in [-0.15, -0.1) is 12.6 Å². The van der Waals surface area contributed by atoms with Gasteiger partial charge in [0.25, 0.3) is 0 Å². The van der Waals surface area contributed by atoms with Crippen molar-refractivity contribution in [1.29, 1.82) is 0 Å². The second-order valence-electron chi connectivity index (χ2n) is 7.13. The first kappa shape index (κ1) is 20.8. The zero-order valence-electron chi connectivity index (χ0n) is 17.0.